The number of nitrogens with zero attached hydrogens (tertiary/aromatic N) is 1. The maximum Gasteiger partial charge on any atom is 0.416 e. The van der Waals surface area contributed by atoms with E-state index in [4.69, 9.17) is 5.11 Å². The van der Waals surface area contributed by atoms with E-state index in [0.717, 1.165) is 12.1 Å². The molecule has 0 aromatic heterocycles. The molecule has 6 heteroatoms. The molecule has 0 radical (unpaired) electrons. The standard InChI is InChI=1S/C15H18F3NO2/c1-2-19(6-7-20)14(21)13-9-12(13)10-4-3-5-11(8-10)15(16,17)18/h3-5,8,12-13,20H,2,6-7,9H2,1H3. The SMILES string of the molecule is CCN(CCO)C(=O)C1CC1c1cccc(C(F)(F)F)c1. The van der Waals surface area contributed by atoms with E-state index < -0.39 is 11.7 Å². The van der Waals surface area contributed by atoms with Gasteiger partial charge in [0.25, 0.3) is 0 Å². The van der Waals surface area contributed by atoms with Crippen LogP contribution in [0, 0.1) is 5.92 Å². The van der Waals surface area contributed by atoms with Gasteiger partial charge in [-0.25, -0.2) is 0 Å². The Kier molecular flexibility index (Phi) is 4.56. The lowest BCUT2D eigenvalue weighted by molar-refractivity contribution is -0.137. The van der Waals surface area contributed by atoms with Crippen molar-refractivity contribution < 1.29 is 23.1 Å². The third kappa shape index (κ3) is 3.56. The first-order chi connectivity index (χ1) is 9.88. The minimum atomic E-state index is -4.36. The van der Waals surface area contributed by atoms with E-state index in [2.05, 4.69) is 0 Å². The van der Waals surface area contributed by atoms with Gasteiger partial charge < -0.3 is 10.0 Å². The maximum atomic E-state index is 12.7. The number of carbonyl (C=O) groups excluding carboxylic acids is 1. The molecule has 1 aliphatic rings. The average molecular weight is 301 g/mol. The molecule has 0 saturated heterocycles. The Morgan fingerprint density at radius 2 is 2.14 bits per heavy atom. The Balaban J connectivity index is 2.08. The monoisotopic (exact) mass is 301 g/mol. The van der Waals surface area contributed by atoms with E-state index in [0.29, 0.717) is 18.5 Å². The van der Waals surface area contributed by atoms with Gasteiger partial charge in [-0.1, -0.05) is 18.2 Å². The molecule has 1 N–H and O–H groups in total. The Morgan fingerprint density at radius 1 is 1.43 bits per heavy atom. The quantitative estimate of drug-likeness (QED) is 0.908. The van der Waals surface area contributed by atoms with E-state index in [1.54, 1.807) is 6.07 Å². The zero-order valence-corrected chi connectivity index (χ0v) is 11.7. The fraction of sp³-hybridized carbons (Fsp3) is 0.533. The smallest absolute Gasteiger partial charge is 0.395 e. The van der Waals surface area contributed by atoms with Crippen LogP contribution in [0.25, 0.3) is 0 Å². The lowest BCUT2D eigenvalue weighted by Gasteiger charge is -2.19. The van der Waals surface area contributed by atoms with E-state index in [1.807, 2.05) is 6.92 Å². The summed E-state index contributed by atoms with van der Waals surface area (Å²) in [5.74, 6) is -0.499. The van der Waals surface area contributed by atoms with Gasteiger partial charge in [0.05, 0.1) is 12.2 Å². The third-order valence-corrected chi connectivity index (χ3v) is 3.81. The molecule has 1 aromatic carbocycles. The first-order valence-corrected chi connectivity index (χ1v) is 6.95. The number of halogens is 3. The summed E-state index contributed by atoms with van der Waals surface area (Å²) in [6.45, 7) is 2.46. The number of benzene rings is 1. The first-order valence-electron chi connectivity index (χ1n) is 6.95. The van der Waals surface area contributed by atoms with Crippen molar-refractivity contribution in [3.63, 3.8) is 0 Å². The topological polar surface area (TPSA) is 40.5 Å². The van der Waals surface area contributed by atoms with Gasteiger partial charge in [0, 0.05) is 19.0 Å². The second-order valence-electron chi connectivity index (χ2n) is 5.21. The van der Waals surface area contributed by atoms with Crippen molar-refractivity contribution in [1.82, 2.24) is 4.90 Å². The first kappa shape index (κ1) is 15.8. The summed E-state index contributed by atoms with van der Waals surface area (Å²) >= 11 is 0. The molecule has 1 aromatic rings. The number of likely N-dealkylation sites (N-methyl/N-ethyl adjacent to an activating group) is 1. The molecule has 0 heterocycles. The molecule has 116 valence electrons. The van der Waals surface area contributed by atoms with Gasteiger partial charge in [-0.3, -0.25) is 4.79 Å². The van der Waals surface area contributed by atoms with Gasteiger partial charge in [0.15, 0.2) is 0 Å². The highest BCUT2D eigenvalue weighted by molar-refractivity contribution is 5.83. The van der Waals surface area contributed by atoms with Crippen molar-refractivity contribution in [3.05, 3.63) is 35.4 Å². The van der Waals surface area contributed by atoms with Gasteiger partial charge in [-0.2, -0.15) is 13.2 Å². The van der Waals surface area contributed by atoms with Gasteiger partial charge in [0.2, 0.25) is 5.91 Å². The van der Waals surface area contributed by atoms with Crippen LogP contribution in [0.1, 0.15) is 30.4 Å². The molecular weight excluding hydrogens is 283 g/mol. The normalized spacial score (nSPS) is 21.2. The molecule has 2 unspecified atom stereocenters. The number of hydrogen-bond donors (Lipinski definition) is 1. The largest absolute Gasteiger partial charge is 0.416 e. The van der Waals surface area contributed by atoms with Crippen molar-refractivity contribution in [2.24, 2.45) is 5.92 Å². The predicted molar refractivity (Wildman–Crippen MR) is 71.6 cm³/mol. The van der Waals surface area contributed by atoms with Crippen molar-refractivity contribution >= 4 is 5.91 Å². The fourth-order valence-corrected chi connectivity index (χ4v) is 2.56. The van der Waals surface area contributed by atoms with Crippen LogP contribution < -0.4 is 0 Å². The number of alkyl halides is 3. The molecule has 1 fully saturated rings. The van der Waals surface area contributed by atoms with Gasteiger partial charge >= 0.3 is 6.18 Å². The molecule has 2 rings (SSSR count). The number of rotatable bonds is 5. The van der Waals surface area contributed by atoms with Crippen LogP contribution in [0.3, 0.4) is 0 Å². The fourth-order valence-electron chi connectivity index (χ4n) is 2.56. The van der Waals surface area contributed by atoms with Gasteiger partial charge in [-0.05, 0) is 30.9 Å². The van der Waals surface area contributed by atoms with Crippen LogP contribution in [0.2, 0.25) is 0 Å². The highest BCUT2D eigenvalue weighted by Crippen LogP contribution is 2.49. The second-order valence-corrected chi connectivity index (χ2v) is 5.21. The van der Waals surface area contributed by atoms with Crippen LogP contribution in [0.15, 0.2) is 24.3 Å². The molecule has 1 saturated carbocycles. The summed E-state index contributed by atoms with van der Waals surface area (Å²) in [6, 6.07) is 5.17. The Labute approximate surface area is 121 Å². The summed E-state index contributed by atoms with van der Waals surface area (Å²) in [7, 11) is 0. The van der Waals surface area contributed by atoms with Gasteiger partial charge in [0.1, 0.15) is 0 Å². The summed E-state index contributed by atoms with van der Waals surface area (Å²) < 4.78 is 38.1. The Bertz CT molecular complexity index is 516. The minimum Gasteiger partial charge on any atom is -0.395 e. The number of aliphatic hydroxyl groups excluding tert-OH is 1. The molecule has 1 aliphatic carbocycles. The van der Waals surface area contributed by atoms with Crippen molar-refractivity contribution in [2.45, 2.75) is 25.4 Å². The number of carbonyl (C=O) groups is 1. The van der Waals surface area contributed by atoms with Crippen LogP contribution in [-0.4, -0.2) is 35.6 Å². The molecule has 3 nitrogen and oxygen atoms in total. The summed E-state index contributed by atoms with van der Waals surface area (Å²) in [5.41, 5.74) is -0.121. The Hall–Kier alpha value is -1.56. The lowest BCUT2D eigenvalue weighted by atomic mass is 10.0. The number of aliphatic hydroxyl groups is 1. The number of amides is 1. The highest BCUT2D eigenvalue weighted by Gasteiger charge is 2.46. The summed E-state index contributed by atoms with van der Waals surface area (Å²) in [6.07, 6.45) is -3.79. The summed E-state index contributed by atoms with van der Waals surface area (Å²) in [4.78, 5) is 13.7. The minimum absolute atomic E-state index is 0.0889. The van der Waals surface area contributed by atoms with Crippen LogP contribution in [0.5, 0.6) is 0 Å². The molecule has 0 spiro atoms. The van der Waals surface area contributed by atoms with E-state index in [9.17, 15) is 18.0 Å². The molecule has 0 aliphatic heterocycles. The van der Waals surface area contributed by atoms with Crippen LogP contribution in [-0.2, 0) is 11.0 Å². The third-order valence-electron chi connectivity index (χ3n) is 3.81. The maximum absolute atomic E-state index is 12.7. The van der Waals surface area contributed by atoms with Crippen LogP contribution in [0.4, 0.5) is 13.2 Å². The molecule has 21 heavy (non-hydrogen) atoms. The second kappa shape index (κ2) is 6.05. The Morgan fingerprint density at radius 3 is 2.71 bits per heavy atom. The summed E-state index contributed by atoms with van der Waals surface area (Å²) in [5, 5.41) is 8.91. The van der Waals surface area contributed by atoms with Crippen molar-refractivity contribution in [1.29, 1.82) is 0 Å². The predicted octanol–water partition coefficient (Wildman–Crippen LogP) is 2.65. The van der Waals surface area contributed by atoms with Crippen molar-refractivity contribution in [2.75, 3.05) is 19.7 Å². The highest BCUT2D eigenvalue weighted by atomic mass is 19.4. The van der Waals surface area contributed by atoms with Crippen molar-refractivity contribution in [3.8, 4) is 0 Å². The molecule has 2 atom stereocenters. The van der Waals surface area contributed by atoms with E-state index >= 15 is 0 Å². The average Bonchev–Trinajstić information content (AvgIpc) is 3.23. The van der Waals surface area contributed by atoms with E-state index in [1.165, 1.54) is 11.0 Å². The molecular formula is C15H18F3NO2. The molecule has 0 bridgehead atoms. The van der Waals surface area contributed by atoms with Crippen LogP contribution >= 0.6 is 0 Å². The number of hydrogen-bond acceptors (Lipinski definition) is 2. The zero-order chi connectivity index (χ0) is 15.6. The van der Waals surface area contributed by atoms with Gasteiger partial charge in [-0.15, -0.1) is 0 Å². The lowest BCUT2D eigenvalue weighted by Crippen LogP contribution is -2.34. The zero-order valence-electron chi connectivity index (χ0n) is 11.7. The van der Waals surface area contributed by atoms with E-state index in [-0.39, 0.29) is 30.9 Å². The molecule has 1 amide bonds.